The van der Waals surface area contributed by atoms with E-state index in [0.29, 0.717) is 17.1 Å². The van der Waals surface area contributed by atoms with Crippen LogP contribution in [0.4, 0.5) is 0 Å². The Kier molecular flexibility index (Phi) is 6.16. The number of ketones is 1. The van der Waals surface area contributed by atoms with Crippen molar-refractivity contribution >= 4 is 23.0 Å². The minimum absolute atomic E-state index is 0.384. The number of nitriles is 1. The topological polar surface area (TPSA) is 82.9 Å². The van der Waals surface area contributed by atoms with E-state index in [2.05, 4.69) is 17.2 Å². The normalized spacial score (nSPS) is 11.6. The molecule has 1 heterocycles. The molecule has 0 bridgehead atoms. The van der Waals surface area contributed by atoms with Crippen LogP contribution in [0.1, 0.15) is 41.6 Å². The predicted octanol–water partition coefficient (Wildman–Crippen LogP) is 2.08. The lowest BCUT2D eigenvalue weighted by atomic mass is 10.0. The molecule has 1 N–H and O–H groups in total. The summed E-state index contributed by atoms with van der Waals surface area (Å²) in [6, 6.07) is 1.78. The standard InChI is InChI=1S/C13H17N3O2S/c1-3-4-5-6-15-13(18)10(7-14)11(17)12-9(2)16-8-19-12/h8,10H,3-6H2,1-2H3,(H,15,18)/t10-/m1/s1. The summed E-state index contributed by atoms with van der Waals surface area (Å²) in [6.45, 7) is 4.26. The molecule has 6 heteroatoms. The van der Waals surface area contributed by atoms with E-state index in [1.165, 1.54) is 5.51 Å². The smallest absolute Gasteiger partial charge is 0.245 e. The molecule has 0 saturated heterocycles. The molecule has 1 amide bonds. The molecular formula is C13H17N3O2S. The maximum Gasteiger partial charge on any atom is 0.245 e. The molecule has 5 nitrogen and oxygen atoms in total. The molecule has 0 aliphatic carbocycles. The molecule has 0 unspecified atom stereocenters. The molecule has 19 heavy (non-hydrogen) atoms. The second-order valence-corrected chi connectivity index (χ2v) is 5.05. The highest BCUT2D eigenvalue weighted by atomic mass is 32.1. The van der Waals surface area contributed by atoms with E-state index in [9.17, 15) is 9.59 Å². The van der Waals surface area contributed by atoms with Gasteiger partial charge in [-0.05, 0) is 13.3 Å². The largest absolute Gasteiger partial charge is 0.355 e. The van der Waals surface area contributed by atoms with Crippen molar-refractivity contribution in [1.82, 2.24) is 10.3 Å². The molecule has 1 aromatic heterocycles. The molecule has 0 aromatic carbocycles. The van der Waals surface area contributed by atoms with Crippen molar-refractivity contribution in [2.45, 2.75) is 33.1 Å². The highest BCUT2D eigenvalue weighted by molar-refractivity contribution is 7.12. The van der Waals surface area contributed by atoms with Crippen molar-refractivity contribution in [3.8, 4) is 6.07 Å². The summed E-state index contributed by atoms with van der Waals surface area (Å²) in [6.07, 6.45) is 2.92. The second-order valence-electron chi connectivity index (χ2n) is 4.19. The first-order chi connectivity index (χ1) is 9.11. The minimum atomic E-state index is -1.28. The number of unbranched alkanes of at least 4 members (excludes halogenated alkanes) is 2. The Morgan fingerprint density at radius 3 is 2.79 bits per heavy atom. The number of hydrogen-bond acceptors (Lipinski definition) is 5. The second kappa shape index (κ2) is 7.64. The van der Waals surface area contributed by atoms with E-state index < -0.39 is 17.6 Å². The fourth-order valence-electron chi connectivity index (χ4n) is 1.59. The first-order valence-corrected chi connectivity index (χ1v) is 7.11. The summed E-state index contributed by atoms with van der Waals surface area (Å²) in [4.78, 5) is 28.2. The van der Waals surface area contributed by atoms with E-state index in [0.717, 1.165) is 30.6 Å². The third-order valence-electron chi connectivity index (χ3n) is 2.70. The number of amides is 1. The van der Waals surface area contributed by atoms with Crippen LogP contribution < -0.4 is 5.32 Å². The number of carbonyl (C=O) groups is 2. The molecule has 0 aliphatic rings. The molecule has 0 radical (unpaired) electrons. The van der Waals surface area contributed by atoms with Crippen LogP contribution in [0.5, 0.6) is 0 Å². The average Bonchev–Trinajstić information content (AvgIpc) is 2.81. The molecule has 1 rings (SSSR count). The fourth-order valence-corrected chi connectivity index (χ4v) is 2.37. The Balaban J connectivity index is 2.63. The van der Waals surface area contributed by atoms with Gasteiger partial charge in [0.2, 0.25) is 11.7 Å². The van der Waals surface area contributed by atoms with Crippen molar-refractivity contribution < 1.29 is 9.59 Å². The summed E-state index contributed by atoms with van der Waals surface area (Å²) in [5.41, 5.74) is 2.10. The van der Waals surface area contributed by atoms with Gasteiger partial charge in [0.25, 0.3) is 0 Å². The first kappa shape index (κ1) is 15.3. The van der Waals surface area contributed by atoms with Gasteiger partial charge in [0.05, 0.1) is 22.2 Å². The third kappa shape index (κ3) is 4.14. The van der Waals surface area contributed by atoms with Crippen LogP contribution in [0.15, 0.2) is 5.51 Å². The molecule has 0 fully saturated rings. The van der Waals surface area contributed by atoms with Gasteiger partial charge in [0.1, 0.15) is 0 Å². The monoisotopic (exact) mass is 279 g/mol. The highest BCUT2D eigenvalue weighted by Gasteiger charge is 2.29. The molecule has 0 aliphatic heterocycles. The number of aryl methyl sites for hydroxylation is 1. The number of carbonyl (C=O) groups excluding carboxylic acids is 2. The van der Waals surface area contributed by atoms with E-state index >= 15 is 0 Å². The Bertz CT molecular complexity index is 490. The number of hydrogen-bond donors (Lipinski definition) is 1. The molecule has 0 saturated carbocycles. The van der Waals surface area contributed by atoms with Crippen molar-refractivity contribution in [3.05, 3.63) is 16.1 Å². The van der Waals surface area contributed by atoms with Crippen LogP contribution in [0.2, 0.25) is 0 Å². The van der Waals surface area contributed by atoms with Gasteiger partial charge in [0, 0.05) is 6.54 Å². The van der Waals surface area contributed by atoms with Crippen LogP contribution in [0.3, 0.4) is 0 Å². The lowest BCUT2D eigenvalue weighted by Crippen LogP contribution is -2.35. The highest BCUT2D eigenvalue weighted by Crippen LogP contribution is 2.17. The van der Waals surface area contributed by atoms with E-state index in [4.69, 9.17) is 5.26 Å². The van der Waals surface area contributed by atoms with Crippen LogP contribution in [0.25, 0.3) is 0 Å². The lowest BCUT2D eigenvalue weighted by molar-refractivity contribution is -0.122. The Labute approximate surface area is 116 Å². The van der Waals surface area contributed by atoms with Crippen molar-refractivity contribution in [1.29, 1.82) is 5.26 Å². The van der Waals surface area contributed by atoms with Gasteiger partial charge in [-0.25, -0.2) is 4.98 Å². The molecule has 0 spiro atoms. The van der Waals surface area contributed by atoms with E-state index in [1.807, 2.05) is 0 Å². The summed E-state index contributed by atoms with van der Waals surface area (Å²) in [5, 5.41) is 11.6. The Hall–Kier alpha value is -1.74. The number of nitrogens with one attached hydrogen (secondary N) is 1. The quantitative estimate of drug-likeness (QED) is 0.470. The number of thiazole rings is 1. The fraction of sp³-hybridized carbons (Fsp3) is 0.538. The van der Waals surface area contributed by atoms with Gasteiger partial charge in [-0.2, -0.15) is 5.26 Å². The van der Waals surface area contributed by atoms with E-state index in [1.54, 1.807) is 13.0 Å². The lowest BCUT2D eigenvalue weighted by Gasteiger charge is -2.08. The maximum atomic E-state index is 12.1. The zero-order chi connectivity index (χ0) is 14.3. The molecule has 1 aromatic rings. The number of Topliss-reactive ketones (excluding diaryl/α,β-unsaturated/α-hetero) is 1. The van der Waals surface area contributed by atoms with Crippen molar-refractivity contribution in [3.63, 3.8) is 0 Å². The summed E-state index contributed by atoms with van der Waals surface area (Å²) >= 11 is 1.16. The first-order valence-electron chi connectivity index (χ1n) is 6.23. The van der Waals surface area contributed by atoms with E-state index in [-0.39, 0.29) is 0 Å². The molecular weight excluding hydrogens is 262 g/mol. The zero-order valence-electron chi connectivity index (χ0n) is 11.1. The number of rotatable bonds is 7. The predicted molar refractivity (Wildman–Crippen MR) is 72.8 cm³/mol. The zero-order valence-corrected chi connectivity index (χ0v) is 11.9. The minimum Gasteiger partial charge on any atom is -0.355 e. The number of aromatic nitrogens is 1. The summed E-state index contributed by atoms with van der Waals surface area (Å²) in [5.74, 6) is -2.26. The SMILES string of the molecule is CCCCCNC(=O)[C@H](C#N)C(=O)c1scnc1C. The number of nitrogens with zero attached hydrogens (tertiary/aromatic N) is 2. The van der Waals surface area contributed by atoms with Crippen LogP contribution in [-0.2, 0) is 4.79 Å². The van der Waals surface area contributed by atoms with Crippen molar-refractivity contribution in [2.24, 2.45) is 5.92 Å². The van der Waals surface area contributed by atoms with Gasteiger partial charge < -0.3 is 5.32 Å². The van der Waals surface area contributed by atoms with Gasteiger partial charge in [-0.1, -0.05) is 19.8 Å². The Morgan fingerprint density at radius 1 is 1.53 bits per heavy atom. The molecule has 102 valence electrons. The van der Waals surface area contributed by atoms with Crippen LogP contribution >= 0.6 is 11.3 Å². The van der Waals surface area contributed by atoms with Gasteiger partial charge in [-0.3, -0.25) is 9.59 Å². The summed E-state index contributed by atoms with van der Waals surface area (Å²) < 4.78 is 0. The third-order valence-corrected chi connectivity index (χ3v) is 3.65. The van der Waals surface area contributed by atoms with Crippen LogP contribution in [-0.4, -0.2) is 23.2 Å². The Morgan fingerprint density at radius 2 is 2.26 bits per heavy atom. The molecule has 1 atom stereocenters. The maximum absolute atomic E-state index is 12.1. The van der Waals surface area contributed by atoms with Gasteiger partial charge >= 0.3 is 0 Å². The van der Waals surface area contributed by atoms with Gasteiger partial charge in [-0.15, -0.1) is 11.3 Å². The van der Waals surface area contributed by atoms with Crippen molar-refractivity contribution in [2.75, 3.05) is 6.54 Å². The summed E-state index contributed by atoms with van der Waals surface area (Å²) in [7, 11) is 0. The van der Waals surface area contributed by atoms with Gasteiger partial charge in [0.15, 0.2) is 5.92 Å². The van der Waals surface area contributed by atoms with Crippen LogP contribution in [0, 0.1) is 24.2 Å². The average molecular weight is 279 g/mol.